The number of carboxylic acids is 1. The number of nitrogens with two attached hydrogens (primary N) is 1. The molecule has 0 saturated heterocycles. The van der Waals surface area contributed by atoms with E-state index in [0.717, 1.165) is 12.8 Å². The standard InChI is InChI=1S/C8H12N2O4/c9-6(11)3-5(8(13)14)10-7(12)4-1-2-4/h4-5H,1-3H2,(H2,9,11)(H,10,12)(H,13,14)/t5-/m0/s1. The second kappa shape index (κ2) is 4.08. The van der Waals surface area contributed by atoms with Crippen LogP contribution in [0.1, 0.15) is 19.3 Å². The molecule has 1 saturated carbocycles. The predicted octanol–water partition coefficient (Wildman–Crippen LogP) is -1.16. The highest BCUT2D eigenvalue weighted by atomic mass is 16.4. The number of hydrogen-bond donors (Lipinski definition) is 3. The fraction of sp³-hybridized carbons (Fsp3) is 0.625. The van der Waals surface area contributed by atoms with Gasteiger partial charge in [-0.3, -0.25) is 9.59 Å². The van der Waals surface area contributed by atoms with Gasteiger partial charge in [-0.15, -0.1) is 0 Å². The van der Waals surface area contributed by atoms with Gasteiger partial charge in [0.15, 0.2) is 0 Å². The molecule has 6 heteroatoms. The zero-order chi connectivity index (χ0) is 10.7. The number of carbonyl (C=O) groups is 3. The summed E-state index contributed by atoms with van der Waals surface area (Å²) in [5, 5.41) is 10.9. The molecule has 1 rings (SSSR count). The van der Waals surface area contributed by atoms with Crippen molar-refractivity contribution < 1.29 is 19.5 Å². The van der Waals surface area contributed by atoms with Crippen molar-refractivity contribution >= 4 is 17.8 Å². The van der Waals surface area contributed by atoms with Crippen LogP contribution in [0.3, 0.4) is 0 Å². The minimum atomic E-state index is -1.24. The second-order valence-electron chi connectivity index (χ2n) is 3.34. The van der Waals surface area contributed by atoms with Crippen LogP contribution in [0, 0.1) is 5.92 Å². The maximum atomic E-state index is 11.2. The molecule has 0 bridgehead atoms. The maximum Gasteiger partial charge on any atom is 0.326 e. The van der Waals surface area contributed by atoms with E-state index in [4.69, 9.17) is 10.8 Å². The SMILES string of the molecule is NC(=O)C[C@H](NC(=O)C1CC1)C(=O)O. The van der Waals surface area contributed by atoms with Gasteiger partial charge >= 0.3 is 5.97 Å². The lowest BCUT2D eigenvalue weighted by atomic mass is 10.2. The molecule has 2 amide bonds. The first-order valence-electron chi connectivity index (χ1n) is 4.32. The van der Waals surface area contributed by atoms with Crippen molar-refractivity contribution in [2.45, 2.75) is 25.3 Å². The van der Waals surface area contributed by atoms with Gasteiger partial charge in [0, 0.05) is 5.92 Å². The Morgan fingerprint density at radius 1 is 1.43 bits per heavy atom. The summed E-state index contributed by atoms with van der Waals surface area (Å²) in [6.45, 7) is 0. The summed E-state index contributed by atoms with van der Waals surface area (Å²) in [5.74, 6) is -2.37. The lowest BCUT2D eigenvalue weighted by Gasteiger charge is -2.11. The molecule has 0 heterocycles. The van der Waals surface area contributed by atoms with E-state index in [1.165, 1.54) is 0 Å². The Bertz CT molecular complexity index is 273. The van der Waals surface area contributed by atoms with Crippen molar-refractivity contribution in [3.63, 3.8) is 0 Å². The van der Waals surface area contributed by atoms with Gasteiger partial charge in [-0.1, -0.05) is 0 Å². The number of primary amides is 1. The third-order valence-electron chi connectivity index (χ3n) is 1.97. The summed E-state index contributed by atoms with van der Waals surface area (Å²) in [5.41, 5.74) is 4.85. The highest BCUT2D eigenvalue weighted by Crippen LogP contribution is 2.28. The van der Waals surface area contributed by atoms with Gasteiger partial charge < -0.3 is 16.2 Å². The number of amides is 2. The molecule has 0 aromatic heterocycles. The zero-order valence-electron chi connectivity index (χ0n) is 7.53. The number of carbonyl (C=O) groups excluding carboxylic acids is 2. The molecule has 14 heavy (non-hydrogen) atoms. The first-order valence-corrected chi connectivity index (χ1v) is 4.32. The monoisotopic (exact) mass is 200 g/mol. The van der Waals surface area contributed by atoms with Crippen molar-refractivity contribution in [2.24, 2.45) is 11.7 Å². The normalized spacial score (nSPS) is 17.1. The van der Waals surface area contributed by atoms with Gasteiger partial charge in [0.25, 0.3) is 0 Å². The van der Waals surface area contributed by atoms with E-state index < -0.39 is 17.9 Å². The Balaban J connectivity index is 2.45. The zero-order valence-corrected chi connectivity index (χ0v) is 7.53. The molecule has 0 aromatic carbocycles. The molecule has 0 unspecified atom stereocenters. The molecular weight excluding hydrogens is 188 g/mol. The maximum absolute atomic E-state index is 11.2. The molecule has 1 aliphatic rings. The second-order valence-corrected chi connectivity index (χ2v) is 3.34. The summed E-state index contributed by atoms with van der Waals surface area (Å²) in [6.07, 6.45) is 1.21. The van der Waals surface area contributed by atoms with Crippen LogP contribution < -0.4 is 11.1 Å². The van der Waals surface area contributed by atoms with Crippen molar-refractivity contribution in [1.82, 2.24) is 5.32 Å². The Hall–Kier alpha value is -1.59. The van der Waals surface area contributed by atoms with E-state index in [9.17, 15) is 14.4 Å². The van der Waals surface area contributed by atoms with Crippen molar-refractivity contribution in [3.8, 4) is 0 Å². The van der Waals surface area contributed by atoms with E-state index >= 15 is 0 Å². The minimum absolute atomic E-state index is 0.0790. The molecule has 1 atom stereocenters. The number of aliphatic carboxylic acids is 1. The van der Waals surface area contributed by atoms with Crippen molar-refractivity contribution in [1.29, 1.82) is 0 Å². The smallest absolute Gasteiger partial charge is 0.326 e. The van der Waals surface area contributed by atoms with Gasteiger partial charge in [-0.2, -0.15) is 0 Å². The molecule has 0 aliphatic heterocycles. The summed E-state index contributed by atoms with van der Waals surface area (Å²) in [4.78, 5) is 32.3. The summed E-state index contributed by atoms with van der Waals surface area (Å²) >= 11 is 0. The average molecular weight is 200 g/mol. The average Bonchev–Trinajstić information content (AvgIpc) is 2.83. The minimum Gasteiger partial charge on any atom is -0.480 e. The summed E-state index contributed by atoms with van der Waals surface area (Å²) in [6, 6.07) is -1.19. The molecular formula is C8H12N2O4. The van der Waals surface area contributed by atoms with Crippen LogP contribution in [-0.4, -0.2) is 28.9 Å². The Labute approximate surface area is 80.5 Å². The van der Waals surface area contributed by atoms with Gasteiger partial charge in [-0.25, -0.2) is 4.79 Å². The number of rotatable bonds is 5. The number of hydrogen-bond acceptors (Lipinski definition) is 3. The molecule has 6 nitrogen and oxygen atoms in total. The lowest BCUT2D eigenvalue weighted by Crippen LogP contribution is -2.43. The van der Waals surface area contributed by atoms with Gasteiger partial charge in [0.1, 0.15) is 6.04 Å². The van der Waals surface area contributed by atoms with Crippen LogP contribution in [-0.2, 0) is 14.4 Å². The fourth-order valence-corrected chi connectivity index (χ4v) is 1.04. The molecule has 0 aromatic rings. The Morgan fingerprint density at radius 3 is 2.36 bits per heavy atom. The molecule has 1 fully saturated rings. The van der Waals surface area contributed by atoms with Gasteiger partial charge in [0.2, 0.25) is 11.8 Å². The van der Waals surface area contributed by atoms with Crippen molar-refractivity contribution in [3.05, 3.63) is 0 Å². The van der Waals surface area contributed by atoms with E-state index in [2.05, 4.69) is 5.32 Å². The van der Waals surface area contributed by atoms with E-state index in [0.29, 0.717) is 0 Å². The lowest BCUT2D eigenvalue weighted by molar-refractivity contribution is -0.143. The van der Waals surface area contributed by atoms with E-state index in [1.807, 2.05) is 0 Å². The molecule has 78 valence electrons. The number of nitrogens with one attached hydrogen (secondary N) is 1. The van der Waals surface area contributed by atoms with Gasteiger partial charge in [-0.05, 0) is 12.8 Å². The van der Waals surface area contributed by atoms with E-state index in [1.54, 1.807) is 0 Å². The first-order chi connectivity index (χ1) is 6.50. The van der Waals surface area contributed by atoms with Crippen LogP contribution in [0.2, 0.25) is 0 Å². The third kappa shape index (κ3) is 3.04. The molecule has 1 aliphatic carbocycles. The molecule has 4 N–H and O–H groups in total. The topological polar surface area (TPSA) is 109 Å². The molecule has 0 spiro atoms. The number of carboxylic acid groups (broad SMARTS) is 1. The third-order valence-corrected chi connectivity index (χ3v) is 1.97. The fourth-order valence-electron chi connectivity index (χ4n) is 1.04. The highest BCUT2D eigenvalue weighted by Gasteiger charge is 2.32. The van der Waals surface area contributed by atoms with Crippen LogP contribution in [0.15, 0.2) is 0 Å². The molecule has 0 radical (unpaired) electrons. The predicted molar refractivity (Wildman–Crippen MR) is 46.1 cm³/mol. The first kappa shape index (κ1) is 10.5. The summed E-state index contributed by atoms with van der Waals surface area (Å²) in [7, 11) is 0. The van der Waals surface area contributed by atoms with Crippen LogP contribution in [0.25, 0.3) is 0 Å². The Morgan fingerprint density at radius 2 is 2.00 bits per heavy atom. The summed E-state index contributed by atoms with van der Waals surface area (Å²) < 4.78 is 0. The highest BCUT2D eigenvalue weighted by molar-refractivity contribution is 5.89. The van der Waals surface area contributed by atoms with Crippen LogP contribution >= 0.6 is 0 Å². The van der Waals surface area contributed by atoms with Crippen LogP contribution in [0.4, 0.5) is 0 Å². The van der Waals surface area contributed by atoms with Gasteiger partial charge in [0.05, 0.1) is 6.42 Å². The van der Waals surface area contributed by atoms with Crippen LogP contribution in [0.5, 0.6) is 0 Å². The quantitative estimate of drug-likeness (QED) is 0.520. The Kier molecular flexibility index (Phi) is 3.06. The van der Waals surface area contributed by atoms with Crippen molar-refractivity contribution in [2.75, 3.05) is 0 Å². The van der Waals surface area contributed by atoms with E-state index in [-0.39, 0.29) is 18.2 Å². The largest absolute Gasteiger partial charge is 0.480 e.